The number of nitrogen functional groups attached to an aromatic ring is 1. The number of anilines is 1. The molecule has 46 heavy (non-hydrogen) atoms. The van der Waals surface area contributed by atoms with Gasteiger partial charge in [0.1, 0.15) is 35.8 Å². The lowest BCUT2D eigenvalue weighted by atomic mass is 9.71. The smallest absolute Gasteiger partial charge is 0.324 e. The summed E-state index contributed by atoms with van der Waals surface area (Å²) in [5, 5.41) is 8.46. The van der Waals surface area contributed by atoms with E-state index in [0.717, 1.165) is 0 Å². The summed E-state index contributed by atoms with van der Waals surface area (Å²) < 4.78 is 32.1. The number of carbonyl (C=O) groups is 1. The Bertz CT molecular complexity index is 1880. The van der Waals surface area contributed by atoms with Crippen molar-refractivity contribution < 1.29 is 37.4 Å². The van der Waals surface area contributed by atoms with Crippen LogP contribution in [0.5, 0.6) is 0 Å². The topological polar surface area (TPSA) is 230 Å². The Kier molecular flexibility index (Phi) is 9.30. The Labute approximate surface area is 273 Å². The number of carbonyl (C=O) groups excluding carboxylic acids is 1. The lowest BCUT2D eigenvalue weighted by Crippen LogP contribution is -2.39. The number of primary amides is 1. The van der Waals surface area contributed by atoms with Crippen LogP contribution in [-0.2, 0) is 46.4 Å². The molecule has 21 heteroatoms. The zero-order valence-corrected chi connectivity index (χ0v) is 28.3. The van der Waals surface area contributed by atoms with Crippen molar-refractivity contribution in [3.63, 3.8) is 0 Å². The fraction of sp³-hybridized carbons (Fsp3) is 0.520. The lowest BCUT2D eigenvalue weighted by molar-refractivity contribution is -0.0416. The highest BCUT2D eigenvalue weighted by atomic mass is 32.5. The number of nitrogens with zero attached hydrogens (tertiary/aromatic N) is 7. The monoisotopic (exact) mass is 713 g/mol. The van der Waals surface area contributed by atoms with Crippen LogP contribution in [0.25, 0.3) is 22.2 Å². The van der Waals surface area contributed by atoms with Gasteiger partial charge in [-0.2, -0.15) is 0 Å². The van der Waals surface area contributed by atoms with Crippen molar-refractivity contribution in [3.05, 3.63) is 36.4 Å². The average molecular weight is 714 g/mol. The van der Waals surface area contributed by atoms with Crippen LogP contribution in [0.1, 0.15) is 42.9 Å². The summed E-state index contributed by atoms with van der Waals surface area (Å²) in [6.45, 7) is -3.53. The molecule has 4 heterocycles. The molecule has 1 saturated heterocycles. The SMILES string of the molecule is COP(O)(=S)OC[C@H]1O[C@@H](n2cnc3c(N)ncnc32)[C@H](C)[C@@H]1OP(O)(=S)OC[C@H]1C[C@@H](n2nnc3c(C(N)=O)cccc32)[C@@H]1C. The molecule has 6 rings (SSSR count). The van der Waals surface area contributed by atoms with E-state index in [2.05, 4.69) is 25.3 Å². The molecular weight excluding hydrogens is 680 g/mol. The minimum absolute atomic E-state index is 0.00570. The van der Waals surface area contributed by atoms with Gasteiger partial charge in [0.2, 0.25) is 0 Å². The third kappa shape index (κ3) is 6.34. The van der Waals surface area contributed by atoms with E-state index in [4.69, 9.17) is 57.9 Å². The third-order valence-corrected chi connectivity index (χ3v) is 11.9. The van der Waals surface area contributed by atoms with E-state index in [-0.39, 0.29) is 36.9 Å². The van der Waals surface area contributed by atoms with Crippen molar-refractivity contribution in [1.82, 2.24) is 34.5 Å². The van der Waals surface area contributed by atoms with Gasteiger partial charge in [0.15, 0.2) is 11.5 Å². The summed E-state index contributed by atoms with van der Waals surface area (Å²) in [6, 6.07) is 5.20. The Morgan fingerprint density at radius 3 is 2.59 bits per heavy atom. The first-order valence-electron chi connectivity index (χ1n) is 14.2. The van der Waals surface area contributed by atoms with Crippen molar-refractivity contribution in [3.8, 4) is 0 Å². The fourth-order valence-electron chi connectivity index (χ4n) is 5.96. The van der Waals surface area contributed by atoms with Crippen LogP contribution < -0.4 is 11.5 Å². The normalized spacial score (nSPS) is 29.0. The van der Waals surface area contributed by atoms with Gasteiger partial charge in [-0.25, -0.2) is 19.6 Å². The van der Waals surface area contributed by atoms with Crippen LogP contribution in [0.15, 0.2) is 30.9 Å². The molecular formula is C25H33N9O8P2S2. The van der Waals surface area contributed by atoms with E-state index >= 15 is 0 Å². The first-order chi connectivity index (χ1) is 21.8. The van der Waals surface area contributed by atoms with Crippen LogP contribution in [0.4, 0.5) is 5.82 Å². The molecule has 1 amide bonds. The average Bonchev–Trinajstić information content (AvgIpc) is 3.71. The van der Waals surface area contributed by atoms with Crippen LogP contribution >= 0.6 is 13.4 Å². The molecule has 4 aromatic rings. The number of nitrogens with two attached hydrogens (primary N) is 2. The summed E-state index contributed by atoms with van der Waals surface area (Å²) in [4.78, 5) is 45.8. The number of imidazole rings is 1. The molecule has 9 atom stereocenters. The number of aromatic nitrogens is 7. The molecule has 1 aliphatic heterocycles. The summed E-state index contributed by atoms with van der Waals surface area (Å²) in [6.07, 6.45) is 1.16. The Morgan fingerprint density at radius 2 is 1.87 bits per heavy atom. The van der Waals surface area contributed by atoms with Gasteiger partial charge in [0, 0.05) is 13.0 Å². The lowest BCUT2D eigenvalue weighted by Gasteiger charge is -2.42. The highest BCUT2D eigenvalue weighted by Gasteiger charge is 2.48. The number of hydrogen-bond acceptors (Lipinski definition) is 14. The Balaban J connectivity index is 1.14. The van der Waals surface area contributed by atoms with Crippen molar-refractivity contribution in [2.24, 2.45) is 23.5 Å². The number of fused-ring (bicyclic) bond motifs is 2. The zero-order chi connectivity index (χ0) is 33.0. The highest BCUT2D eigenvalue weighted by Crippen LogP contribution is 2.54. The summed E-state index contributed by atoms with van der Waals surface area (Å²) in [5.41, 5.74) is 13.8. The molecule has 248 valence electrons. The van der Waals surface area contributed by atoms with E-state index in [1.807, 2.05) is 19.9 Å². The van der Waals surface area contributed by atoms with Crippen LogP contribution in [0, 0.1) is 17.8 Å². The van der Waals surface area contributed by atoms with Crippen molar-refractivity contribution in [2.75, 3.05) is 26.1 Å². The van der Waals surface area contributed by atoms with Gasteiger partial charge >= 0.3 is 13.4 Å². The van der Waals surface area contributed by atoms with Gasteiger partial charge in [-0.05, 0) is 54.0 Å². The molecule has 3 aromatic heterocycles. The maximum atomic E-state index is 11.8. The predicted octanol–water partition coefficient (Wildman–Crippen LogP) is 2.18. The van der Waals surface area contributed by atoms with Gasteiger partial charge in [-0.15, -0.1) is 5.10 Å². The molecule has 1 aliphatic carbocycles. The molecule has 0 bridgehead atoms. The quantitative estimate of drug-likeness (QED) is 0.154. The van der Waals surface area contributed by atoms with E-state index in [1.165, 1.54) is 19.8 Å². The molecule has 0 radical (unpaired) electrons. The van der Waals surface area contributed by atoms with E-state index in [9.17, 15) is 14.6 Å². The predicted molar refractivity (Wildman–Crippen MR) is 172 cm³/mol. The summed E-state index contributed by atoms with van der Waals surface area (Å²) in [7, 11) is 1.24. The maximum Gasteiger partial charge on any atom is 0.324 e. The van der Waals surface area contributed by atoms with Crippen molar-refractivity contribution in [1.29, 1.82) is 0 Å². The fourth-order valence-corrected chi connectivity index (χ4v) is 8.14. The molecule has 2 fully saturated rings. The van der Waals surface area contributed by atoms with Crippen LogP contribution in [0.3, 0.4) is 0 Å². The van der Waals surface area contributed by atoms with Gasteiger partial charge in [-0.3, -0.25) is 9.36 Å². The second kappa shape index (κ2) is 12.8. The van der Waals surface area contributed by atoms with Gasteiger partial charge in [0.05, 0.1) is 36.7 Å². The molecule has 2 unspecified atom stereocenters. The van der Waals surface area contributed by atoms with E-state index in [1.54, 1.807) is 21.4 Å². The minimum atomic E-state index is -3.81. The van der Waals surface area contributed by atoms with Crippen LogP contribution in [0.2, 0.25) is 0 Å². The largest absolute Gasteiger partial charge is 0.382 e. The van der Waals surface area contributed by atoms with Gasteiger partial charge < -0.3 is 44.1 Å². The Morgan fingerprint density at radius 1 is 1.11 bits per heavy atom. The second-order valence-corrected chi connectivity index (χ2v) is 17.0. The van der Waals surface area contributed by atoms with Crippen molar-refractivity contribution in [2.45, 2.75) is 44.7 Å². The molecule has 6 N–H and O–H groups in total. The van der Waals surface area contributed by atoms with Crippen LogP contribution in [-0.4, -0.2) is 82.7 Å². The standard InChI is InChI=1S/C25H33N9O8P2S2/c1-12-14(7-17(12)34-16-6-4-5-15(23(27)35)19(16)31-32-34)8-39-44(37,46)42-21-13(2)25(41-18(21)9-40-43(36,45)38-3)33-11-30-20-22(26)28-10-29-24(20)33/h4-6,10-14,17-18,21,25H,7-9H2,1-3H3,(H2,27,35)(H,36,45)(H,37,46)(H2,26,28,29)/t12-,13-,14-,17-,18-,21+,25-,43?,44?/m1/s1. The zero-order valence-electron chi connectivity index (χ0n) is 24.9. The highest BCUT2D eigenvalue weighted by molar-refractivity contribution is 8.07. The van der Waals surface area contributed by atoms with Crippen molar-refractivity contribution >= 4 is 71.0 Å². The number of rotatable bonds is 12. The third-order valence-electron chi connectivity index (χ3n) is 8.63. The number of benzene rings is 1. The second-order valence-electron chi connectivity index (χ2n) is 11.3. The van der Waals surface area contributed by atoms with E-state index in [0.29, 0.717) is 34.2 Å². The van der Waals surface area contributed by atoms with Gasteiger partial charge in [-0.1, -0.05) is 25.1 Å². The number of ether oxygens (including phenoxy) is 1. The molecule has 1 saturated carbocycles. The molecule has 17 nitrogen and oxygen atoms in total. The minimum Gasteiger partial charge on any atom is -0.382 e. The summed E-state index contributed by atoms with van der Waals surface area (Å²) in [5.74, 6) is -0.670. The molecule has 1 aromatic carbocycles. The molecule has 2 aliphatic rings. The first kappa shape index (κ1) is 33.4. The molecule has 0 spiro atoms. The summed E-state index contributed by atoms with van der Waals surface area (Å²) >= 11 is 10.4. The van der Waals surface area contributed by atoms with Gasteiger partial charge in [0.25, 0.3) is 5.91 Å². The number of amides is 1. The first-order valence-corrected chi connectivity index (χ1v) is 19.4. The Hall–Kier alpha value is -2.54. The van der Waals surface area contributed by atoms with E-state index < -0.39 is 43.7 Å². The number of hydrogen-bond donors (Lipinski definition) is 4. The maximum absolute atomic E-state index is 11.8.